The van der Waals surface area contributed by atoms with Crippen LogP contribution in [0.1, 0.15) is 65.2 Å². The molecular formula is C21H27ClO. The Balaban J connectivity index is 1.73. The van der Waals surface area contributed by atoms with Crippen molar-refractivity contribution in [1.29, 1.82) is 0 Å². The second-order valence-electron chi connectivity index (χ2n) is 8.91. The minimum atomic E-state index is -0.0672. The molecule has 0 bridgehead atoms. The van der Waals surface area contributed by atoms with Crippen molar-refractivity contribution in [3.05, 3.63) is 10.6 Å². The van der Waals surface area contributed by atoms with Crippen LogP contribution in [0.3, 0.4) is 0 Å². The summed E-state index contributed by atoms with van der Waals surface area (Å²) in [7, 11) is 0. The Bertz CT molecular complexity index is 626. The average Bonchev–Trinajstić information content (AvgIpc) is 2.83. The molecule has 23 heavy (non-hydrogen) atoms. The van der Waals surface area contributed by atoms with Crippen molar-refractivity contribution in [1.82, 2.24) is 0 Å². The van der Waals surface area contributed by atoms with Crippen LogP contribution in [0.5, 0.6) is 0 Å². The van der Waals surface area contributed by atoms with Crippen LogP contribution in [0.4, 0.5) is 0 Å². The summed E-state index contributed by atoms with van der Waals surface area (Å²) in [5.41, 5.74) is 1.62. The van der Waals surface area contributed by atoms with Gasteiger partial charge in [-0.2, -0.15) is 0 Å². The van der Waals surface area contributed by atoms with Crippen molar-refractivity contribution >= 4 is 17.4 Å². The van der Waals surface area contributed by atoms with Gasteiger partial charge in [0.1, 0.15) is 5.78 Å². The van der Waals surface area contributed by atoms with E-state index in [1.807, 2.05) is 0 Å². The third-order valence-electron chi connectivity index (χ3n) is 8.09. The summed E-state index contributed by atoms with van der Waals surface area (Å²) in [6.07, 6.45) is 14.1. The van der Waals surface area contributed by atoms with Crippen molar-refractivity contribution in [2.75, 3.05) is 0 Å². The Hall–Kier alpha value is -0.740. The number of hydrogen-bond acceptors (Lipinski definition) is 1. The molecule has 0 aliphatic heterocycles. The molecule has 6 atom stereocenters. The normalized spacial score (nSPS) is 49.2. The Kier molecular flexibility index (Phi) is 3.51. The molecule has 0 radical (unpaired) electrons. The van der Waals surface area contributed by atoms with Gasteiger partial charge in [0.05, 0.1) is 0 Å². The van der Waals surface area contributed by atoms with Gasteiger partial charge in [0.25, 0.3) is 0 Å². The van der Waals surface area contributed by atoms with Gasteiger partial charge in [-0.1, -0.05) is 25.4 Å². The Labute approximate surface area is 145 Å². The predicted molar refractivity (Wildman–Crippen MR) is 93.8 cm³/mol. The first-order valence-corrected chi connectivity index (χ1v) is 9.65. The maximum Gasteiger partial charge on any atom is 0.139 e. The SMILES string of the molecule is C#C[C@H]1CC[C@@]2(C)C(=C(Cl)C[C@@H]3[C@@H]2CC[C@]2(C)C(=O)CC[C@@H]32)C1. The molecule has 0 saturated heterocycles. The zero-order chi connectivity index (χ0) is 16.4. The number of terminal acetylenes is 1. The lowest BCUT2D eigenvalue weighted by Gasteiger charge is -2.57. The van der Waals surface area contributed by atoms with E-state index in [1.165, 1.54) is 18.4 Å². The van der Waals surface area contributed by atoms with E-state index in [0.29, 0.717) is 29.5 Å². The molecule has 0 spiro atoms. The molecule has 0 aromatic heterocycles. The number of carbonyl (C=O) groups excluding carboxylic acids is 1. The van der Waals surface area contributed by atoms with Crippen molar-refractivity contribution in [3.63, 3.8) is 0 Å². The summed E-state index contributed by atoms with van der Waals surface area (Å²) in [5.74, 6) is 5.68. The van der Waals surface area contributed by atoms with Gasteiger partial charge in [0.15, 0.2) is 0 Å². The first kappa shape index (κ1) is 15.8. The molecule has 0 N–H and O–H groups in total. The van der Waals surface area contributed by atoms with Crippen molar-refractivity contribution < 1.29 is 4.79 Å². The predicted octanol–water partition coefficient (Wildman–Crippen LogP) is 5.33. The summed E-state index contributed by atoms with van der Waals surface area (Å²) < 4.78 is 0. The second kappa shape index (κ2) is 5.13. The van der Waals surface area contributed by atoms with Gasteiger partial charge in [-0.3, -0.25) is 4.79 Å². The van der Waals surface area contributed by atoms with E-state index in [4.69, 9.17) is 18.0 Å². The quantitative estimate of drug-likeness (QED) is 0.548. The Morgan fingerprint density at radius 1 is 1.09 bits per heavy atom. The van der Waals surface area contributed by atoms with Gasteiger partial charge in [-0.25, -0.2) is 0 Å². The highest BCUT2D eigenvalue weighted by atomic mass is 35.5. The lowest BCUT2D eigenvalue weighted by atomic mass is 9.47. The first-order valence-electron chi connectivity index (χ1n) is 9.27. The van der Waals surface area contributed by atoms with Crippen molar-refractivity contribution in [2.45, 2.75) is 65.2 Å². The molecule has 0 aromatic rings. The van der Waals surface area contributed by atoms with Gasteiger partial charge < -0.3 is 0 Å². The largest absolute Gasteiger partial charge is 0.299 e. The molecule has 0 amide bonds. The zero-order valence-corrected chi connectivity index (χ0v) is 15.1. The van der Waals surface area contributed by atoms with E-state index in [1.54, 1.807) is 0 Å². The van der Waals surface area contributed by atoms with E-state index in [-0.39, 0.29) is 10.8 Å². The lowest BCUT2D eigenvalue weighted by Crippen LogP contribution is -2.50. The highest BCUT2D eigenvalue weighted by Gasteiger charge is 2.59. The van der Waals surface area contributed by atoms with Gasteiger partial charge in [0.2, 0.25) is 0 Å². The molecule has 0 aromatic carbocycles. The standard InChI is InChI=1S/C21H27ClO/c1-4-13-7-9-20(2)16-8-10-21(3)15(5-6-19(21)23)14(16)12-18(22)17(20)11-13/h1,13-16H,5-12H2,2-3H3/t13-,14-,15-,16-,20+,21-/m0/s1. The minimum absolute atomic E-state index is 0.0672. The van der Waals surface area contributed by atoms with E-state index >= 15 is 0 Å². The molecule has 2 heteroatoms. The molecule has 3 saturated carbocycles. The molecule has 124 valence electrons. The lowest BCUT2D eigenvalue weighted by molar-refractivity contribution is -0.131. The van der Waals surface area contributed by atoms with Crippen LogP contribution in [-0.2, 0) is 4.79 Å². The maximum absolute atomic E-state index is 12.5. The third-order valence-corrected chi connectivity index (χ3v) is 8.48. The second-order valence-corrected chi connectivity index (χ2v) is 9.36. The molecule has 4 rings (SSSR count). The van der Waals surface area contributed by atoms with Crippen LogP contribution < -0.4 is 0 Å². The summed E-state index contributed by atoms with van der Waals surface area (Å²) in [6, 6.07) is 0. The highest BCUT2D eigenvalue weighted by molar-refractivity contribution is 6.30. The molecule has 3 fully saturated rings. The molecule has 4 aliphatic carbocycles. The first-order chi connectivity index (χ1) is 10.9. The molecule has 1 nitrogen and oxygen atoms in total. The van der Waals surface area contributed by atoms with Crippen LogP contribution >= 0.6 is 11.6 Å². The minimum Gasteiger partial charge on any atom is -0.299 e. The van der Waals surface area contributed by atoms with Gasteiger partial charge in [0, 0.05) is 22.8 Å². The number of allylic oxidation sites excluding steroid dienone is 2. The van der Waals surface area contributed by atoms with Crippen molar-refractivity contribution in [2.24, 2.45) is 34.5 Å². The van der Waals surface area contributed by atoms with Crippen LogP contribution in [0.2, 0.25) is 0 Å². The molecule has 4 aliphatic rings. The number of carbonyl (C=O) groups is 1. The van der Waals surface area contributed by atoms with Gasteiger partial charge in [-0.05, 0) is 73.7 Å². The number of hydrogen-bond donors (Lipinski definition) is 0. The fourth-order valence-electron chi connectivity index (χ4n) is 6.64. The van der Waals surface area contributed by atoms with Crippen LogP contribution in [-0.4, -0.2) is 5.78 Å². The van der Waals surface area contributed by atoms with Crippen LogP contribution in [0.25, 0.3) is 0 Å². The third kappa shape index (κ3) is 2.03. The molecule has 0 heterocycles. The van der Waals surface area contributed by atoms with Gasteiger partial charge >= 0.3 is 0 Å². The topological polar surface area (TPSA) is 17.1 Å². The van der Waals surface area contributed by atoms with E-state index in [2.05, 4.69) is 19.8 Å². The Morgan fingerprint density at radius 2 is 1.78 bits per heavy atom. The summed E-state index contributed by atoms with van der Waals surface area (Å²) in [5, 5.41) is 1.08. The monoisotopic (exact) mass is 330 g/mol. The zero-order valence-electron chi connectivity index (χ0n) is 14.3. The molecular weight excluding hydrogens is 304 g/mol. The highest BCUT2D eigenvalue weighted by Crippen LogP contribution is 2.65. The average molecular weight is 331 g/mol. The summed E-state index contributed by atoms with van der Waals surface area (Å²) in [4.78, 5) is 12.5. The van der Waals surface area contributed by atoms with Crippen molar-refractivity contribution in [3.8, 4) is 12.3 Å². The summed E-state index contributed by atoms with van der Waals surface area (Å²) in [6.45, 7) is 4.67. The van der Waals surface area contributed by atoms with Crippen LogP contribution in [0.15, 0.2) is 10.6 Å². The maximum atomic E-state index is 12.5. The summed E-state index contributed by atoms with van der Waals surface area (Å²) >= 11 is 6.82. The number of Topliss-reactive ketones (excluding diaryl/α,β-unsaturated/α-hetero) is 1. The van der Waals surface area contributed by atoms with Gasteiger partial charge in [-0.15, -0.1) is 12.3 Å². The number of fused-ring (bicyclic) bond motifs is 5. The number of halogens is 1. The fraction of sp³-hybridized carbons (Fsp3) is 0.762. The smallest absolute Gasteiger partial charge is 0.139 e. The Morgan fingerprint density at radius 3 is 2.52 bits per heavy atom. The van der Waals surface area contributed by atoms with E-state index < -0.39 is 0 Å². The molecule has 0 unspecified atom stereocenters. The number of rotatable bonds is 0. The van der Waals surface area contributed by atoms with Crippen LogP contribution in [0, 0.1) is 46.8 Å². The van der Waals surface area contributed by atoms with E-state index in [9.17, 15) is 4.79 Å². The van der Waals surface area contributed by atoms with E-state index in [0.717, 1.165) is 43.6 Å². The number of ketones is 1. The fourth-order valence-corrected chi connectivity index (χ4v) is 7.11.